The Morgan fingerprint density at radius 1 is 0.667 bits per heavy atom. The minimum atomic E-state index is -0.119. The Balaban J connectivity index is 1.50. The molecule has 0 saturated carbocycles. The molecule has 2 rings (SSSR count). The highest BCUT2D eigenvalue weighted by atomic mass is 16.5. The molecule has 0 unspecified atom stereocenters. The van der Waals surface area contributed by atoms with Gasteiger partial charge in [-0.3, -0.25) is 9.59 Å². The van der Waals surface area contributed by atoms with Crippen LogP contribution in [0, 0.1) is 0 Å². The van der Waals surface area contributed by atoms with Gasteiger partial charge in [0.15, 0.2) is 0 Å². The van der Waals surface area contributed by atoms with Crippen LogP contribution in [0.4, 0.5) is 0 Å². The van der Waals surface area contributed by atoms with Crippen molar-refractivity contribution < 1.29 is 19.1 Å². The quantitative estimate of drug-likeness (QED) is 0.179. The van der Waals surface area contributed by atoms with Crippen molar-refractivity contribution in [1.29, 1.82) is 0 Å². The molecule has 0 heterocycles. The van der Waals surface area contributed by atoms with Crippen molar-refractivity contribution in [3.8, 4) is 11.5 Å². The fraction of sp³-hybridized carbons (Fsp3) is 0.429. The highest BCUT2D eigenvalue weighted by molar-refractivity contribution is 5.83. The molecule has 2 amide bonds. The number of hydrazone groups is 2. The summed E-state index contributed by atoms with van der Waals surface area (Å²) >= 11 is 0. The van der Waals surface area contributed by atoms with Crippen molar-refractivity contribution in [2.24, 2.45) is 10.2 Å². The molecule has 2 aromatic carbocycles. The fourth-order valence-corrected chi connectivity index (χ4v) is 3.13. The minimum absolute atomic E-state index is 0.119. The van der Waals surface area contributed by atoms with Crippen LogP contribution < -0.4 is 20.3 Å². The second kappa shape index (κ2) is 17.7. The first-order chi connectivity index (χ1) is 17.6. The van der Waals surface area contributed by atoms with Gasteiger partial charge >= 0.3 is 0 Å². The van der Waals surface area contributed by atoms with Gasteiger partial charge in [0.2, 0.25) is 11.8 Å². The molecule has 0 aromatic heterocycles. The zero-order chi connectivity index (χ0) is 25.8. The first-order valence-corrected chi connectivity index (χ1v) is 12.7. The van der Waals surface area contributed by atoms with Crippen LogP contribution in [0.15, 0.2) is 58.7 Å². The summed E-state index contributed by atoms with van der Waals surface area (Å²) in [5.74, 6) is 1.40. The van der Waals surface area contributed by atoms with E-state index in [4.69, 9.17) is 9.47 Å². The zero-order valence-corrected chi connectivity index (χ0v) is 21.4. The lowest BCUT2D eigenvalue weighted by molar-refractivity contribution is -0.122. The summed E-state index contributed by atoms with van der Waals surface area (Å²) in [7, 11) is 0. The molecule has 8 nitrogen and oxygen atoms in total. The van der Waals surface area contributed by atoms with E-state index in [9.17, 15) is 9.59 Å². The van der Waals surface area contributed by atoms with Crippen LogP contribution in [0.1, 0.15) is 76.3 Å². The Morgan fingerprint density at radius 2 is 1.06 bits per heavy atom. The van der Waals surface area contributed by atoms with Gasteiger partial charge in [0, 0.05) is 12.8 Å². The molecule has 2 aromatic rings. The number of carbonyl (C=O) groups excluding carboxylic acids is 2. The SMILES string of the molecule is CCCOc1ccc(C=NNC(=O)CCCCCCC(=O)NN=Cc2ccc(OCCC)cc2)cc1. The third-order valence-electron chi connectivity index (χ3n) is 5.07. The lowest BCUT2D eigenvalue weighted by Gasteiger charge is -2.04. The predicted octanol–water partition coefficient (Wildman–Crippen LogP) is 5.21. The van der Waals surface area contributed by atoms with Crippen molar-refractivity contribution in [2.75, 3.05) is 13.2 Å². The summed E-state index contributed by atoms with van der Waals surface area (Å²) in [4.78, 5) is 23.8. The molecular weight excluding hydrogens is 456 g/mol. The molecule has 0 saturated heterocycles. The van der Waals surface area contributed by atoms with Gasteiger partial charge in [-0.25, -0.2) is 10.9 Å². The standard InChI is InChI=1S/C28H38N4O4/c1-3-19-35-25-15-11-23(12-16-25)21-29-31-27(33)9-7-5-6-8-10-28(34)32-30-22-24-13-17-26(18-14-24)36-20-4-2/h11-18,21-22H,3-10,19-20H2,1-2H3,(H,31,33)(H,32,34). The molecule has 0 spiro atoms. The van der Waals surface area contributed by atoms with Crippen LogP contribution in [-0.4, -0.2) is 37.5 Å². The largest absolute Gasteiger partial charge is 0.494 e. The van der Waals surface area contributed by atoms with Gasteiger partial charge < -0.3 is 9.47 Å². The molecular formula is C28H38N4O4. The second-order valence-corrected chi connectivity index (χ2v) is 8.34. The van der Waals surface area contributed by atoms with Crippen molar-refractivity contribution in [1.82, 2.24) is 10.9 Å². The molecule has 0 aliphatic carbocycles. The number of nitrogens with one attached hydrogen (secondary N) is 2. The number of hydrogen-bond acceptors (Lipinski definition) is 6. The Labute approximate surface area is 214 Å². The van der Waals surface area contributed by atoms with Crippen LogP contribution >= 0.6 is 0 Å². The molecule has 0 radical (unpaired) electrons. The van der Waals surface area contributed by atoms with Crippen molar-refractivity contribution >= 4 is 24.2 Å². The monoisotopic (exact) mass is 494 g/mol. The summed E-state index contributed by atoms with van der Waals surface area (Å²) < 4.78 is 11.1. The number of benzene rings is 2. The van der Waals surface area contributed by atoms with E-state index in [1.807, 2.05) is 48.5 Å². The zero-order valence-electron chi connectivity index (χ0n) is 21.4. The first-order valence-electron chi connectivity index (χ1n) is 12.7. The summed E-state index contributed by atoms with van der Waals surface area (Å²) in [6.45, 7) is 5.51. The van der Waals surface area contributed by atoms with E-state index < -0.39 is 0 Å². The Morgan fingerprint density at radius 3 is 1.42 bits per heavy atom. The Hall–Kier alpha value is -3.68. The molecule has 0 bridgehead atoms. The Kier molecular flexibility index (Phi) is 14.0. The lowest BCUT2D eigenvalue weighted by atomic mass is 10.1. The highest BCUT2D eigenvalue weighted by Crippen LogP contribution is 2.12. The van der Waals surface area contributed by atoms with Crippen molar-refractivity contribution in [3.63, 3.8) is 0 Å². The van der Waals surface area contributed by atoms with Crippen LogP contribution in [0.5, 0.6) is 11.5 Å². The van der Waals surface area contributed by atoms with Gasteiger partial charge in [-0.1, -0.05) is 26.7 Å². The van der Waals surface area contributed by atoms with Crippen molar-refractivity contribution in [2.45, 2.75) is 65.2 Å². The maximum absolute atomic E-state index is 11.9. The maximum atomic E-state index is 11.9. The topological polar surface area (TPSA) is 101 Å². The van der Waals surface area contributed by atoms with Gasteiger partial charge in [-0.2, -0.15) is 10.2 Å². The summed E-state index contributed by atoms with van der Waals surface area (Å²) in [5, 5.41) is 8.00. The second-order valence-electron chi connectivity index (χ2n) is 8.34. The number of unbranched alkanes of at least 4 members (excludes halogenated alkanes) is 3. The number of ether oxygens (including phenoxy) is 2. The van der Waals surface area contributed by atoms with Gasteiger partial charge in [0.1, 0.15) is 11.5 Å². The molecule has 0 aliphatic rings. The summed E-state index contributed by atoms with van der Waals surface area (Å²) in [5.41, 5.74) is 6.87. The smallest absolute Gasteiger partial charge is 0.240 e. The average Bonchev–Trinajstić information content (AvgIpc) is 2.89. The van der Waals surface area contributed by atoms with Gasteiger partial charge in [0.05, 0.1) is 25.6 Å². The van der Waals surface area contributed by atoms with E-state index in [1.54, 1.807) is 12.4 Å². The van der Waals surface area contributed by atoms with Crippen LogP contribution in [0.2, 0.25) is 0 Å². The van der Waals surface area contributed by atoms with Crippen LogP contribution in [-0.2, 0) is 9.59 Å². The van der Waals surface area contributed by atoms with E-state index in [1.165, 1.54) is 0 Å². The molecule has 2 N–H and O–H groups in total. The molecule has 0 fully saturated rings. The summed E-state index contributed by atoms with van der Waals surface area (Å²) in [6, 6.07) is 15.1. The third kappa shape index (κ3) is 12.7. The molecule has 0 atom stereocenters. The maximum Gasteiger partial charge on any atom is 0.240 e. The fourth-order valence-electron chi connectivity index (χ4n) is 3.13. The number of hydrogen-bond donors (Lipinski definition) is 2. The summed E-state index contributed by atoms with van der Waals surface area (Å²) in [6.07, 6.45) is 9.21. The predicted molar refractivity (Wildman–Crippen MR) is 144 cm³/mol. The number of amides is 2. The van der Waals surface area contributed by atoms with Gasteiger partial charge in [-0.15, -0.1) is 0 Å². The van der Waals surface area contributed by atoms with Gasteiger partial charge in [-0.05, 0) is 85.3 Å². The van der Waals surface area contributed by atoms with E-state index in [2.05, 4.69) is 34.9 Å². The van der Waals surface area contributed by atoms with E-state index in [-0.39, 0.29) is 11.8 Å². The minimum Gasteiger partial charge on any atom is -0.494 e. The number of nitrogens with zero attached hydrogens (tertiary/aromatic N) is 2. The average molecular weight is 495 g/mol. The van der Waals surface area contributed by atoms with E-state index in [0.29, 0.717) is 26.1 Å². The normalized spacial score (nSPS) is 11.1. The van der Waals surface area contributed by atoms with E-state index in [0.717, 1.165) is 61.2 Å². The van der Waals surface area contributed by atoms with Crippen LogP contribution in [0.3, 0.4) is 0 Å². The molecule has 0 aliphatic heterocycles. The number of rotatable bonds is 17. The lowest BCUT2D eigenvalue weighted by Crippen LogP contribution is -2.17. The van der Waals surface area contributed by atoms with Crippen molar-refractivity contribution in [3.05, 3.63) is 59.7 Å². The van der Waals surface area contributed by atoms with Gasteiger partial charge in [0.25, 0.3) is 0 Å². The first kappa shape index (κ1) is 28.6. The molecule has 194 valence electrons. The molecule has 8 heteroatoms. The highest BCUT2D eigenvalue weighted by Gasteiger charge is 2.02. The third-order valence-corrected chi connectivity index (χ3v) is 5.07. The number of carbonyl (C=O) groups is 2. The Bertz CT molecular complexity index is 877. The van der Waals surface area contributed by atoms with Crippen LogP contribution in [0.25, 0.3) is 0 Å². The molecule has 36 heavy (non-hydrogen) atoms. The van der Waals surface area contributed by atoms with E-state index >= 15 is 0 Å².